The van der Waals surface area contributed by atoms with Crippen LogP contribution in [-0.2, 0) is 4.74 Å². The first-order chi connectivity index (χ1) is 9.54. The Bertz CT molecular complexity index is 583. The van der Waals surface area contributed by atoms with Gasteiger partial charge in [0.25, 0.3) is 0 Å². The van der Waals surface area contributed by atoms with Crippen molar-refractivity contribution >= 4 is 47.9 Å². The normalized spacial score (nSPS) is 17.4. The molecule has 2 unspecified atom stereocenters. The topological polar surface area (TPSA) is 9.23 Å². The zero-order valence-corrected chi connectivity index (χ0v) is 14.9. The van der Waals surface area contributed by atoms with Crippen LogP contribution in [0.25, 0.3) is 12.2 Å². The maximum atomic E-state index is 5.37. The van der Waals surface area contributed by atoms with Gasteiger partial charge in [-0.2, -0.15) is 12.6 Å². The van der Waals surface area contributed by atoms with Crippen molar-refractivity contribution in [2.24, 2.45) is 5.92 Å². The number of ether oxygens (including phenoxy) is 1. The minimum absolute atomic E-state index is 0.0906. The number of thioether (sulfide) groups is 1. The molecule has 0 saturated carbocycles. The molecule has 0 aliphatic heterocycles. The van der Waals surface area contributed by atoms with Crippen LogP contribution in [-0.4, -0.2) is 19.5 Å². The Hall–Kier alpha value is -0.420. The second-order valence-electron chi connectivity index (χ2n) is 4.49. The van der Waals surface area contributed by atoms with Gasteiger partial charge in [-0.1, -0.05) is 19.6 Å². The van der Waals surface area contributed by atoms with Crippen LogP contribution in [0.4, 0.5) is 0 Å². The van der Waals surface area contributed by atoms with E-state index in [1.54, 1.807) is 35.6 Å². The Labute approximate surface area is 135 Å². The van der Waals surface area contributed by atoms with Gasteiger partial charge in [-0.15, -0.1) is 23.1 Å². The van der Waals surface area contributed by atoms with Crippen molar-refractivity contribution in [3.8, 4) is 0 Å². The molecule has 1 rings (SSSR count). The van der Waals surface area contributed by atoms with Crippen molar-refractivity contribution < 1.29 is 4.74 Å². The van der Waals surface area contributed by atoms with Crippen LogP contribution < -0.4 is 9.75 Å². The summed E-state index contributed by atoms with van der Waals surface area (Å²) in [5, 5.41) is 4.97. The van der Waals surface area contributed by atoms with Gasteiger partial charge in [-0.25, -0.2) is 0 Å². The van der Waals surface area contributed by atoms with Crippen molar-refractivity contribution in [2.45, 2.75) is 20.0 Å². The summed E-state index contributed by atoms with van der Waals surface area (Å²) in [5.74, 6) is 0.286. The van der Waals surface area contributed by atoms with Crippen LogP contribution in [0.5, 0.6) is 0 Å². The molecule has 2 atom stereocenters. The van der Waals surface area contributed by atoms with E-state index in [9.17, 15) is 0 Å². The molecule has 20 heavy (non-hydrogen) atoms. The fourth-order valence-electron chi connectivity index (χ4n) is 1.89. The first-order valence-electron chi connectivity index (χ1n) is 6.41. The van der Waals surface area contributed by atoms with Crippen LogP contribution in [0.1, 0.15) is 13.8 Å². The van der Waals surface area contributed by atoms with Gasteiger partial charge in [0, 0.05) is 22.5 Å². The Kier molecular flexibility index (Phi) is 7.74. The van der Waals surface area contributed by atoms with Crippen molar-refractivity contribution in [1.29, 1.82) is 0 Å². The molecule has 1 aromatic rings. The summed E-state index contributed by atoms with van der Waals surface area (Å²) in [6.45, 7) is 8.37. The van der Waals surface area contributed by atoms with Gasteiger partial charge in [-0.3, -0.25) is 0 Å². The molecule has 1 heterocycles. The predicted octanol–water partition coefficient (Wildman–Crippen LogP) is 3.67. The van der Waals surface area contributed by atoms with E-state index in [-0.39, 0.29) is 12.0 Å². The van der Waals surface area contributed by atoms with E-state index in [1.165, 1.54) is 15.0 Å². The maximum absolute atomic E-state index is 5.37. The first kappa shape index (κ1) is 17.6. The number of thiol groups is 1. The second kappa shape index (κ2) is 8.78. The largest absolute Gasteiger partial charge is 0.378 e. The standard InChI is InChI=1S/C16H22OS3/c1-11(6-8-18)15(16-12(2)7-9-20-16)14(19-5)10-13(3)17-4/h6-11,13,18H,2H2,1,3-5H3/b8-6-,14-10-,16-15-. The molecule has 0 bridgehead atoms. The molecule has 0 radical (unpaired) electrons. The van der Waals surface area contributed by atoms with Crippen molar-refractivity contribution in [3.05, 3.63) is 43.7 Å². The van der Waals surface area contributed by atoms with E-state index in [0.717, 1.165) is 5.22 Å². The average Bonchev–Trinajstić information content (AvgIpc) is 2.84. The minimum atomic E-state index is 0.0906. The molecule has 0 spiro atoms. The third-order valence-electron chi connectivity index (χ3n) is 3.06. The Morgan fingerprint density at radius 3 is 2.65 bits per heavy atom. The highest BCUT2D eigenvalue weighted by molar-refractivity contribution is 8.03. The number of hydrogen-bond acceptors (Lipinski definition) is 4. The van der Waals surface area contributed by atoms with E-state index >= 15 is 0 Å². The molecule has 0 fully saturated rings. The summed E-state index contributed by atoms with van der Waals surface area (Å²) in [7, 11) is 1.73. The van der Waals surface area contributed by atoms with Gasteiger partial charge in [0.05, 0.1) is 6.10 Å². The molecule has 4 heteroatoms. The van der Waals surface area contributed by atoms with Gasteiger partial charge in [0.2, 0.25) is 0 Å². The molecule has 0 aromatic carbocycles. The predicted molar refractivity (Wildman–Crippen MR) is 97.9 cm³/mol. The molecule has 0 N–H and O–H groups in total. The molecule has 0 aliphatic carbocycles. The highest BCUT2D eigenvalue weighted by atomic mass is 32.2. The quantitative estimate of drug-likeness (QED) is 0.799. The zero-order valence-electron chi connectivity index (χ0n) is 12.4. The fraction of sp³-hybridized carbons (Fsp3) is 0.375. The van der Waals surface area contributed by atoms with Gasteiger partial charge < -0.3 is 4.74 Å². The number of methoxy groups -OCH3 is 1. The monoisotopic (exact) mass is 326 g/mol. The molecular weight excluding hydrogens is 304 g/mol. The van der Waals surface area contributed by atoms with Crippen LogP contribution in [0.15, 0.2) is 33.9 Å². The molecule has 0 aliphatic rings. The van der Waals surface area contributed by atoms with E-state index < -0.39 is 0 Å². The smallest absolute Gasteiger partial charge is 0.0737 e. The van der Waals surface area contributed by atoms with E-state index in [4.69, 9.17) is 4.74 Å². The van der Waals surface area contributed by atoms with Crippen molar-refractivity contribution in [3.63, 3.8) is 0 Å². The lowest BCUT2D eigenvalue weighted by molar-refractivity contribution is 0.156. The highest BCUT2D eigenvalue weighted by Crippen LogP contribution is 2.30. The van der Waals surface area contributed by atoms with Crippen LogP contribution in [0.3, 0.4) is 0 Å². The lowest BCUT2D eigenvalue weighted by atomic mass is 10.00. The third-order valence-corrected chi connectivity index (χ3v) is 5.02. The average molecular weight is 327 g/mol. The van der Waals surface area contributed by atoms with Crippen LogP contribution in [0, 0.1) is 5.92 Å². The molecule has 0 saturated heterocycles. The van der Waals surface area contributed by atoms with Gasteiger partial charge in [0.1, 0.15) is 0 Å². The number of thiophene rings is 1. The van der Waals surface area contributed by atoms with E-state index in [2.05, 4.69) is 56.0 Å². The van der Waals surface area contributed by atoms with Gasteiger partial charge >= 0.3 is 0 Å². The number of rotatable bonds is 6. The zero-order chi connectivity index (χ0) is 15.1. The van der Waals surface area contributed by atoms with Gasteiger partial charge in [0.15, 0.2) is 0 Å². The summed E-state index contributed by atoms with van der Waals surface area (Å²) >= 11 is 7.69. The summed E-state index contributed by atoms with van der Waals surface area (Å²) in [6.07, 6.45) is 6.45. The molecule has 1 nitrogen and oxygen atoms in total. The molecular formula is C16H22OS3. The molecule has 110 valence electrons. The first-order valence-corrected chi connectivity index (χ1v) is 9.03. The third kappa shape index (κ3) is 4.55. The Balaban J connectivity index is 3.51. The lowest BCUT2D eigenvalue weighted by Gasteiger charge is -2.16. The number of hydrogen-bond donors (Lipinski definition) is 1. The summed E-state index contributed by atoms with van der Waals surface area (Å²) < 4.78 is 6.61. The Morgan fingerprint density at radius 2 is 2.20 bits per heavy atom. The van der Waals surface area contributed by atoms with Crippen LogP contribution >= 0.6 is 35.7 Å². The summed E-state index contributed by atoms with van der Waals surface area (Å²) in [4.78, 5) is 1.24. The lowest BCUT2D eigenvalue weighted by Crippen LogP contribution is -2.22. The van der Waals surface area contributed by atoms with Crippen molar-refractivity contribution in [2.75, 3.05) is 13.4 Å². The maximum Gasteiger partial charge on any atom is 0.0737 e. The SMILES string of the molecule is C=c1ccs/c1=C(\C(=C\C(C)OC)SC)C(C)/C=C\S. The van der Waals surface area contributed by atoms with Gasteiger partial charge in [-0.05, 0) is 46.9 Å². The Morgan fingerprint density at radius 1 is 1.50 bits per heavy atom. The fourth-order valence-corrected chi connectivity index (χ4v) is 4.06. The molecule has 1 aromatic heterocycles. The van der Waals surface area contributed by atoms with E-state index in [1.807, 2.05) is 6.92 Å². The second-order valence-corrected chi connectivity index (χ2v) is 6.56. The van der Waals surface area contributed by atoms with Crippen molar-refractivity contribution in [1.82, 2.24) is 0 Å². The van der Waals surface area contributed by atoms with E-state index in [0.29, 0.717) is 0 Å². The van der Waals surface area contributed by atoms with Crippen LogP contribution in [0.2, 0.25) is 0 Å². The minimum Gasteiger partial charge on any atom is -0.378 e. The highest BCUT2D eigenvalue weighted by Gasteiger charge is 2.14. The summed E-state index contributed by atoms with van der Waals surface area (Å²) in [5.41, 5.74) is 1.30. The number of allylic oxidation sites excluding steroid dienone is 2. The summed E-state index contributed by atoms with van der Waals surface area (Å²) in [6, 6.07) is 2.06. The molecule has 0 amide bonds.